The highest BCUT2D eigenvalue weighted by Crippen LogP contribution is 2.27. The van der Waals surface area contributed by atoms with Gasteiger partial charge in [0.25, 0.3) is 5.56 Å². The fraction of sp³-hybridized carbons (Fsp3) is 0.333. The molecule has 1 saturated heterocycles. The molecule has 0 bridgehead atoms. The Labute approximate surface area is 177 Å². The molecule has 0 radical (unpaired) electrons. The Balaban J connectivity index is 2.10. The van der Waals surface area contributed by atoms with E-state index in [2.05, 4.69) is 4.99 Å². The van der Waals surface area contributed by atoms with Crippen LogP contribution < -0.4 is 5.56 Å². The van der Waals surface area contributed by atoms with Crippen LogP contribution in [0.1, 0.15) is 39.9 Å². The quantitative estimate of drug-likeness (QED) is 0.577. The Morgan fingerprint density at radius 2 is 2.30 bits per heavy atom. The maximum Gasteiger partial charge on any atom is 0.340 e. The normalized spacial score (nSPS) is 16.0. The SMILES string of the molecule is COC(=O)c1ccc(Cl)cc1N=Cc1c(C)c(C#N)c(=O)n(CC2CCCO2)c1O. The van der Waals surface area contributed by atoms with Crippen molar-refractivity contribution in [3.8, 4) is 11.9 Å². The van der Waals surface area contributed by atoms with Gasteiger partial charge in [-0.3, -0.25) is 14.4 Å². The lowest BCUT2D eigenvalue weighted by Crippen LogP contribution is -2.29. The topological polar surface area (TPSA) is 114 Å². The summed E-state index contributed by atoms with van der Waals surface area (Å²) in [7, 11) is 1.25. The lowest BCUT2D eigenvalue weighted by atomic mass is 10.1. The van der Waals surface area contributed by atoms with Gasteiger partial charge in [0.2, 0.25) is 5.88 Å². The zero-order valence-corrected chi connectivity index (χ0v) is 17.3. The Morgan fingerprint density at radius 3 is 2.93 bits per heavy atom. The molecule has 1 aliphatic heterocycles. The van der Waals surface area contributed by atoms with Crippen LogP contribution in [0.15, 0.2) is 28.0 Å². The van der Waals surface area contributed by atoms with Crippen LogP contribution in [0.5, 0.6) is 5.88 Å². The van der Waals surface area contributed by atoms with Crippen LogP contribution in [0.2, 0.25) is 5.02 Å². The van der Waals surface area contributed by atoms with E-state index in [0.29, 0.717) is 11.6 Å². The van der Waals surface area contributed by atoms with Gasteiger partial charge in [-0.1, -0.05) is 11.6 Å². The first-order valence-electron chi connectivity index (χ1n) is 9.27. The summed E-state index contributed by atoms with van der Waals surface area (Å²) in [6.45, 7) is 2.28. The number of hydrogen-bond donors (Lipinski definition) is 1. The first kappa shape index (κ1) is 21.6. The molecular weight excluding hydrogens is 410 g/mol. The number of esters is 1. The first-order chi connectivity index (χ1) is 14.4. The molecule has 1 fully saturated rings. The van der Waals surface area contributed by atoms with Gasteiger partial charge < -0.3 is 14.6 Å². The number of ether oxygens (including phenoxy) is 2. The summed E-state index contributed by atoms with van der Waals surface area (Å²) in [5.74, 6) is -0.918. The van der Waals surface area contributed by atoms with Gasteiger partial charge in [0.05, 0.1) is 36.6 Å². The second-order valence-corrected chi connectivity index (χ2v) is 7.25. The van der Waals surface area contributed by atoms with E-state index >= 15 is 0 Å². The van der Waals surface area contributed by atoms with Crippen molar-refractivity contribution < 1.29 is 19.4 Å². The second-order valence-electron chi connectivity index (χ2n) is 6.81. The summed E-state index contributed by atoms with van der Waals surface area (Å²) < 4.78 is 11.4. The fourth-order valence-corrected chi connectivity index (χ4v) is 3.48. The van der Waals surface area contributed by atoms with Crippen molar-refractivity contribution in [3.05, 3.63) is 55.8 Å². The number of hydrogen-bond acceptors (Lipinski definition) is 7. The Kier molecular flexibility index (Phi) is 6.55. The number of carbonyl (C=O) groups excluding carboxylic acids is 1. The highest BCUT2D eigenvalue weighted by molar-refractivity contribution is 6.31. The molecular formula is C21H20ClN3O5. The minimum Gasteiger partial charge on any atom is -0.494 e. The van der Waals surface area contributed by atoms with Crippen LogP contribution >= 0.6 is 11.6 Å². The van der Waals surface area contributed by atoms with E-state index in [4.69, 9.17) is 21.1 Å². The van der Waals surface area contributed by atoms with Gasteiger partial charge in [-0.15, -0.1) is 0 Å². The van der Waals surface area contributed by atoms with Crippen molar-refractivity contribution in [1.29, 1.82) is 5.26 Å². The number of nitrogens with zero attached hydrogens (tertiary/aromatic N) is 3. The van der Waals surface area contributed by atoms with Crippen molar-refractivity contribution in [3.63, 3.8) is 0 Å². The summed E-state index contributed by atoms with van der Waals surface area (Å²) in [5, 5.41) is 20.6. The predicted octanol–water partition coefficient (Wildman–Crippen LogP) is 3.10. The molecule has 1 aromatic heterocycles. The smallest absolute Gasteiger partial charge is 0.340 e. The van der Waals surface area contributed by atoms with Crippen molar-refractivity contribution in [2.75, 3.05) is 13.7 Å². The lowest BCUT2D eigenvalue weighted by molar-refractivity contribution is 0.0601. The van der Waals surface area contributed by atoms with Crippen molar-refractivity contribution in [2.24, 2.45) is 4.99 Å². The number of carbonyl (C=O) groups is 1. The number of halogens is 1. The largest absolute Gasteiger partial charge is 0.494 e. The molecule has 1 unspecified atom stereocenters. The highest BCUT2D eigenvalue weighted by atomic mass is 35.5. The van der Waals surface area contributed by atoms with Crippen LogP contribution in [-0.4, -0.2) is 41.7 Å². The maximum atomic E-state index is 12.7. The fourth-order valence-electron chi connectivity index (χ4n) is 3.32. The van der Waals surface area contributed by atoms with Crippen LogP contribution in [-0.2, 0) is 16.0 Å². The zero-order valence-electron chi connectivity index (χ0n) is 16.5. The summed E-state index contributed by atoms with van der Waals surface area (Å²) >= 11 is 6.02. The third-order valence-corrected chi connectivity index (χ3v) is 5.19. The van der Waals surface area contributed by atoms with Gasteiger partial charge in [-0.25, -0.2) is 4.79 Å². The van der Waals surface area contributed by atoms with Crippen LogP contribution in [0.4, 0.5) is 5.69 Å². The Bertz CT molecular complexity index is 1110. The monoisotopic (exact) mass is 429 g/mol. The molecule has 9 heteroatoms. The maximum absolute atomic E-state index is 12.7. The molecule has 0 saturated carbocycles. The molecule has 3 rings (SSSR count). The minimum absolute atomic E-state index is 0.0912. The average Bonchev–Trinajstić information content (AvgIpc) is 3.24. The molecule has 0 aliphatic carbocycles. The number of methoxy groups -OCH3 is 1. The van der Waals surface area contributed by atoms with E-state index < -0.39 is 11.5 Å². The molecule has 1 N–H and O–H groups in total. The number of rotatable bonds is 5. The average molecular weight is 430 g/mol. The Hall–Kier alpha value is -3.15. The van der Waals surface area contributed by atoms with E-state index in [-0.39, 0.29) is 46.5 Å². The highest BCUT2D eigenvalue weighted by Gasteiger charge is 2.23. The van der Waals surface area contributed by atoms with Crippen molar-refractivity contribution in [1.82, 2.24) is 4.57 Å². The van der Waals surface area contributed by atoms with E-state index in [1.54, 1.807) is 6.92 Å². The van der Waals surface area contributed by atoms with E-state index in [1.165, 1.54) is 31.5 Å². The number of aliphatic imine (C=N–C) groups is 1. The van der Waals surface area contributed by atoms with Crippen molar-refractivity contribution in [2.45, 2.75) is 32.4 Å². The van der Waals surface area contributed by atoms with Gasteiger partial charge in [0.15, 0.2) is 0 Å². The van der Waals surface area contributed by atoms with Crippen LogP contribution in [0, 0.1) is 18.3 Å². The molecule has 8 nitrogen and oxygen atoms in total. The van der Waals surface area contributed by atoms with E-state index in [1.807, 2.05) is 6.07 Å². The molecule has 0 amide bonds. The molecule has 1 aliphatic rings. The molecule has 1 aromatic carbocycles. The third kappa shape index (κ3) is 4.22. The van der Waals surface area contributed by atoms with Gasteiger partial charge in [-0.2, -0.15) is 5.26 Å². The molecule has 1 atom stereocenters. The van der Waals surface area contributed by atoms with E-state index in [0.717, 1.165) is 17.4 Å². The molecule has 30 heavy (non-hydrogen) atoms. The van der Waals surface area contributed by atoms with Gasteiger partial charge in [0.1, 0.15) is 11.6 Å². The number of nitriles is 1. The first-order valence-corrected chi connectivity index (χ1v) is 9.65. The third-order valence-electron chi connectivity index (χ3n) is 4.95. The number of aromatic nitrogens is 1. The Morgan fingerprint density at radius 1 is 1.53 bits per heavy atom. The van der Waals surface area contributed by atoms with Crippen molar-refractivity contribution >= 4 is 29.5 Å². The standard InChI is InChI=1S/C21H20ClN3O5/c1-12-16(9-23)19(26)25(11-14-4-3-7-30-14)20(27)17(12)10-24-18-8-13(22)5-6-15(18)21(28)29-2/h5-6,8,10,14,27H,3-4,7,11H2,1-2H3. The second kappa shape index (κ2) is 9.11. The van der Waals surface area contributed by atoms with E-state index in [9.17, 15) is 20.0 Å². The predicted molar refractivity (Wildman–Crippen MR) is 111 cm³/mol. The summed E-state index contributed by atoms with van der Waals surface area (Å²) in [6, 6.07) is 6.39. The summed E-state index contributed by atoms with van der Waals surface area (Å²) in [5.41, 5.74) is 0.214. The summed E-state index contributed by atoms with van der Waals surface area (Å²) in [6.07, 6.45) is 2.72. The van der Waals surface area contributed by atoms with Crippen LogP contribution in [0.3, 0.4) is 0 Å². The number of aromatic hydroxyl groups is 1. The van der Waals surface area contributed by atoms with Gasteiger partial charge in [0, 0.05) is 17.8 Å². The summed E-state index contributed by atoms with van der Waals surface area (Å²) in [4.78, 5) is 29.0. The lowest BCUT2D eigenvalue weighted by Gasteiger charge is -2.17. The zero-order chi connectivity index (χ0) is 21.8. The molecule has 156 valence electrons. The molecule has 0 spiro atoms. The molecule has 2 heterocycles. The molecule has 2 aromatic rings. The minimum atomic E-state index is -0.596. The number of pyridine rings is 1. The van der Waals surface area contributed by atoms with Crippen LogP contribution in [0.25, 0.3) is 0 Å². The number of benzene rings is 1. The van der Waals surface area contributed by atoms with Gasteiger partial charge in [-0.05, 0) is 43.5 Å². The van der Waals surface area contributed by atoms with Gasteiger partial charge >= 0.3 is 5.97 Å².